The van der Waals surface area contributed by atoms with Crippen molar-refractivity contribution >= 4 is 11.8 Å². The average molecular weight is 250 g/mol. The van der Waals surface area contributed by atoms with Crippen molar-refractivity contribution in [2.24, 2.45) is 29.1 Å². The summed E-state index contributed by atoms with van der Waals surface area (Å²) in [5.41, 5.74) is -0.416. The standard InChI is InChI=1S/C15H22O3/c1-8-4-5-10-9(2)14(17)18-13(10)15(3)11(8)6-7-12(15)16/h8-11,13H,4-7H2,1-3H3/t8-,9+,10-,11-,13+,15-/m0/s1. The normalized spacial score (nSPS) is 51.6. The molecule has 0 N–H and O–H groups in total. The largest absolute Gasteiger partial charge is 0.461 e. The monoisotopic (exact) mass is 250 g/mol. The predicted octanol–water partition coefficient (Wildman–Crippen LogP) is 2.58. The molecule has 2 aliphatic carbocycles. The van der Waals surface area contributed by atoms with Crippen molar-refractivity contribution in [1.82, 2.24) is 0 Å². The molecule has 0 unspecified atom stereocenters. The number of carbonyl (C=O) groups is 2. The lowest BCUT2D eigenvalue weighted by molar-refractivity contribution is -0.153. The van der Waals surface area contributed by atoms with E-state index in [1.807, 2.05) is 6.92 Å². The van der Waals surface area contributed by atoms with E-state index < -0.39 is 5.41 Å². The lowest BCUT2D eigenvalue weighted by Gasteiger charge is -2.37. The Hall–Kier alpha value is -0.860. The van der Waals surface area contributed by atoms with Gasteiger partial charge in [0.25, 0.3) is 0 Å². The molecule has 3 heteroatoms. The number of hydrogen-bond acceptors (Lipinski definition) is 3. The summed E-state index contributed by atoms with van der Waals surface area (Å²) in [5, 5.41) is 0. The molecular formula is C15H22O3. The van der Waals surface area contributed by atoms with Crippen LogP contribution in [0.3, 0.4) is 0 Å². The third-order valence-electron chi connectivity index (χ3n) is 5.93. The van der Waals surface area contributed by atoms with Crippen LogP contribution in [-0.2, 0) is 14.3 Å². The summed E-state index contributed by atoms with van der Waals surface area (Å²) in [7, 11) is 0. The zero-order valence-electron chi connectivity index (χ0n) is 11.4. The highest BCUT2D eigenvalue weighted by Gasteiger charge is 2.61. The zero-order chi connectivity index (χ0) is 13.1. The summed E-state index contributed by atoms with van der Waals surface area (Å²) >= 11 is 0. The molecule has 6 atom stereocenters. The Labute approximate surface area is 108 Å². The molecule has 3 fully saturated rings. The summed E-state index contributed by atoms with van der Waals surface area (Å²) in [6.45, 7) is 6.27. The number of esters is 1. The number of ether oxygens (including phenoxy) is 1. The number of carbonyl (C=O) groups excluding carboxylic acids is 2. The molecule has 3 nitrogen and oxygen atoms in total. The molecular weight excluding hydrogens is 228 g/mol. The Kier molecular flexibility index (Phi) is 2.58. The Morgan fingerprint density at radius 2 is 1.89 bits per heavy atom. The average Bonchev–Trinajstić information content (AvgIpc) is 2.75. The van der Waals surface area contributed by atoms with Gasteiger partial charge in [-0.3, -0.25) is 9.59 Å². The van der Waals surface area contributed by atoms with Gasteiger partial charge in [0, 0.05) is 12.3 Å². The van der Waals surface area contributed by atoms with Gasteiger partial charge in [-0.25, -0.2) is 0 Å². The Balaban J connectivity index is 2.04. The van der Waals surface area contributed by atoms with E-state index in [2.05, 4.69) is 13.8 Å². The first-order chi connectivity index (χ1) is 8.46. The third-order valence-corrected chi connectivity index (χ3v) is 5.93. The number of fused-ring (bicyclic) bond motifs is 3. The molecule has 0 aromatic carbocycles. The number of Topliss-reactive ketones (excluding diaryl/α,β-unsaturated/α-hetero) is 1. The maximum absolute atomic E-state index is 12.4. The topological polar surface area (TPSA) is 43.4 Å². The van der Waals surface area contributed by atoms with Crippen molar-refractivity contribution in [1.29, 1.82) is 0 Å². The molecule has 2 saturated carbocycles. The minimum atomic E-state index is -0.416. The Morgan fingerprint density at radius 1 is 1.17 bits per heavy atom. The van der Waals surface area contributed by atoms with Gasteiger partial charge in [0.05, 0.1) is 11.3 Å². The second kappa shape index (κ2) is 3.82. The van der Waals surface area contributed by atoms with E-state index in [-0.39, 0.29) is 23.9 Å². The molecule has 3 aliphatic rings. The van der Waals surface area contributed by atoms with E-state index in [0.29, 0.717) is 24.0 Å². The van der Waals surface area contributed by atoms with Crippen molar-refractivity contribution in [3.8, 4) is 0 Å². The Bertz CT molecular complexity index is 403. The molecule has 1 heterocycles. The first-order valence-electron chi connectivity index (χ1n) is 7.20. The number of hydrogen-bond donors (Lipinski definition) is 0. The highest BCUT2D eigenvalue weighted by molar-refractivity contribution is 5.89. The first kappa shape index (κ1) is 12.2. The van der Waals surface area contributed by atoms with E-state index in [0.717, 1.165) is 19.3 Å². The quantitative estimate of drug-likeness (QED) is 0.621. The van der Waals surface area contributed by atoms with Crippen LogP contribution in [0.2, 0.25) is 0 Å². The van der Waals surface area contributed by atoms with Crippen LogP contribution in [-0.4, -0.2) is 17.9 Å². The minimum absolute atomic E-state index is 0.0359. The van der Waals surface area contributed by atoms with Gasteiger partial charge in [-0.05, 0) is 38.0 Å². The molecule has 0 spiro atoms. The molecule has 100 valence electrons. The van der Waals surface area contributed by atoms with E-state index >= 15 is 0 Å². The fraction of sp³-hybridized carbons (Fsp3) is 0.867. The third kappa shape index (κ3) is 1.36. The molecule has 0 aromatic rings. The van der Waals surface area contributed by atoms with Crippen LogP contribution in [0.25, 0.3) is 0 Å². The summed E-state index contributed by atoms with van der Waals surface area (Å²) in [6.07, 6.45) is 3.63. The predicted molar refractivity (Wildman–Crippen MR) is 66.8 cm³/mol. The van der Waals surface area contributed by atoms with Crippen molar-refractivity contribution in [3.05, 3.63) is 0 Å². The van der Waals surface area contributed by atoms with Gasteiger partial charge in [0.15, 0.2) is 0 Å². The molecule has 1 saturated heterocycles. The second-order valence-corrected chi connectivity index (χ2v) is 6.72. The maximum atomic E-state index is 12.4. The van der Waals surface area contributed by atoms with Gasteiger partial charge in [-0.15, -0.1) is 0 Å². The molecule has 3 rings (SSSR count). The lowest BCUT2D eigenvalue weighted by atomic mass is 9.68. The number of rotatable bonds is 0. The molecule has 1 aliphatic heterocycles. The highest BCUT2D eigenvalue weighted by Crippen LogP contribution is 2.56. The minimum Gasteiger partial charge on any atom is -0.461 e. The maximum Gasteiger partial charge on any atom is 0.309 e. The summed E-state index contributed by atoms with van der Waals surface area (Å²) in [6, 6.07) is 0. The zero-order valence-corrected chi connectivity index (χ0v) is 11.4. The fourth-order valence-electron chi connectivity index (χ4n) is 4.69. The molecule has 0 amide bonds. The highest BCUT2D eigenvalue weighted by atomic mass is 16.6. The summed E-state index contributed by atoms with van der Waals surface area (Å²) in [4.78, 5) is 24.2. The molecule has 18 heavy (non-hydrogen) atoms. The van der Waals surface area contributed by atoms with Crippen LogP contribution < -0.4 is 0 Å². The van der Waals surface area contributed by atoms with Gasteiger partial charge in [-0.1, -0.05) is 13.8 Å². The van der Waals surface area contributed by atoms with Crippen LogP contribution >= 0.6 is 0 Å². The van der Waals surface area contributed by atoms with E-state index in [1.165, 1.54) is 0 Å². The van der Waals surface area contributed by atoms with E-state index in [9.17, 15) is 9.59 Å². The van der Waals surface area contributed by atoms with E-state index in [4.69, 9.17) is 4.74 Å². The second-order valence-electron chi connectivity index (χ2n) is 6.72. The van der Waals surface area contributed by atoms with Crippen LogP contribution in [0.1, 0.15) is 46.5 Å². The smallest absolute Gasteiger partial charge is 0.309 e. The van der Waals surface area contributed by atoms with Gasteiger partial charge in [0.2, 0.25) is 0 Å². The van der Waals surface area contributed by atoms with Gasteiger partial charge in [0.1, 0.15) is 11.9 Å². The molecule has 0 bridgehead atoms. The molecule has 0 aromatic heterocycles. The summed E-state index contributed by atoms with van der Waals surface area (Å²) < 4.78 is 5.63. The van der Waals surface area contributed by atoms with Crippen LogP contribution in [0.15, 0.2) is 0 Å². The van der Waals surface area contributed by atoms with Crippen LogP contribution in [0.5, 0.6) is 0 Å². The van der Waals surface area contributed by atoms with Crippen molar-refractivity contribution in [2.45, 2.75) is 52.6 Å². The Morgan fingerprint density at radius 3 is 2.61 bits per heavy atom. The van der Waals surface area contributed by atoms with Gasteiger partial charge in [-0.2, -0.15) is 0 Å². The van der Waals surface area contributed by atoms with Gasteiger partial charge >= 0.3 is 5.97 Å². The van der Waals surface area contributed by atoms with E-state index in [1.54, 1.807) is 0 Å². The SMILES string of the molecule is C[C@H]1CC[C@@H]2[C@@H](OC(=O)[C@@H]2C)[C@]2(C)C(=O)CC[C@@H]12. The lowest BCUT2D eigenvalue weighted by Crippen LogP contribution is -2.44. The van der Waals surface area contributed by atoms with Crippen molar-refractivity contribution in [3.63, 3.8) is 0 Å². The fourth-order valence-corrected chi connectivity index (χ4v) is 4.69. The first-order valence-corrected chi connectivity index (χ1v) is 7.20. The summed E-state index contributed by atoms with van der Waals surface area (Å²) in [5.74, 6) is 1.40. The van der Waals surface area contributed by atoms with Crippen LogP contribution in [0, 0.1) is 29.1 Å². The van der Waals surface area contributed by atoms with Crippen molar-refractivity contribution in [2.75, 3.05) is 0 Å². The molecule has 0 radical (unpaired) electrons. The van der Waals surface area contributed by atoms with Gasteiger partial charge < -0.3 is 4.74 Å². The van der Waals surface area contributed by atoms with Crippen LogP contribution in [0.4, 0.5) is 0 Å². The number of ketones is 1. The van der Waals surface area contributed by atoms with Crippen molar-refractivity contribution < 1.29 is 14.3 Å².